The number of aliphatic hydroxyl groups is 1. The molecule has 1 aromatic rings. The molecule has 0 bridgehead atoms. The lowest BCUT2D eigenvalue weighted by atomic mass is 9.94. The standard InChI is InChI=1S/C15H21NO5/c1-19-11-3-4-13(20-2)12(9-11)14(17)16-10-15(18)5-7-21-8-6-15/h3-4,9,18H,5-8,10H2,1-2H3,(H,16,17). The van der Waals surface area contributed by atoms with Crippen LogP contribution in [0.25, 0.3) is 0 Å². The zero-order chi connectivity index (χ0) is 15.3. The van der Waals surface area contributed by atoms with Gasteiger partial charge in [0.05, 0.1) is 25.4 Å². The summed E-state index contributed by atoms with van der Waals surface area (Å²) in [6.45, 7) is 1.21. The van der Waals surface area contributed by atoms with Crippen molar-refractivity contribution in [3.05, 3.63) is 23.8 Å². The second kappa shape index (κ2) is 6.78. The number of nitrogens with one attached hydrogen (secondary N) is 1. The molecule has 21 heavy (non-hydrogen) atoms. The van der Waals surface area contributed by atoms with E-state index in [1.165, 1.54) is 14.2 Å². The fourth-order valence-electron chi connectivity index (χ4n) is 2.26. The maximum Gasteiger partial charge on any atom is 0.255 e. The summed E-state index contributed by atoms with van der Waals surface area (Å²) in [5.74, 6) is 0.740. The lowest BCUT2D eigenvalue weighted by molar-refractivity contribution is -0.0605. The highest BCUT2D eigenvalue weighted by Gasteiger charge is 2.30. The van der Waals surface area contributed by atoms with Gasteiger partial charge < -0.3 is 24.6 Å². The fraction of sp³-hybridized carbons (Fsp3) is 0.533. The zero-order valence-electron chi connectivity index (χ0n) is 12.3. The first-order chi connectivity index (χ1) is 10.1. The molecule has 0 aromatic heterocycles. The highest BCUT2D eigenvalue weighted by Crippen LogP contribution is 2.24. The fourth-order valence-corrected chi connectivity index (χ4v) is 2.26. The summed E-state index contributed by atoms with van der Waals surface area (Å²) in [5.41, 5.74) is -0.521. The van der Waals surface area contributed by atoms with Crippen LogP contribution < -0.4 is 14.8 Å². The van der Waals surface area contributed by atoms with Crippen LogP contribution in [0.1, 0.15) is 23.2 Å². The van der Waals surface area contributed by atoms with E-state index in [2.05, 4.69) is 5.32 Å². The van der Waals surface area contributed by atoms with Crippen LogP contribution >= 0.6 is 0 Å². The number of carbonyl (C=O) groups excluding carboxylic acids is 1. The van der Waals surface area contributed by atoms with E-state index in [4.69, 9.17) is 14.2 Å². The maximum atomic E-state index is 12.3. The molecule has 1 heterocycles. The van der Waals surface area contributed by atoms with Crippen LogP contribution in [-0.2, 0) is 4.74 Å². The molecule has 6 nitrogen and oxygen atoms in total. The van der Waals surface area contributed by atoms with Gasteiger partial charge in [0, 0.05) is 32.6 Å². The van der Waals surface area contributed by atoms with Crippen molar-refractivity contribution in [2.24, 2.45) is 0 Å². The molecule has 1 aliphatic heterocycles. The predicted molar refractivity (Wildman–Crippen MR) is 76.9 cm³/mol. The molecule has 1 aliphatic rings. The van der Waals surface area contributed by atoms with E-state index in [-0.39, 0.29) is 12.5 Å². The van der Waals surface area contributed by atoms with E-state index >= 15 is 0 Å². The second-order valence-electron chi connectivity index (χ2n) is 5.09. The predicted octanol–water partition coefficient (Wildman–Crippen LogP) is 0.975. The molecule has 1 saturated heterocycles. The van der Waals surface area contributed by atoms with E-state index in [1.807, 2.05) is 0 Å². The summed E-state index contributed by atoms with van der Waals surface area (Å²) in [6, 6.07) is 5.01. The molecule has 1 amide bonds. The van der Waals surface area contributed by atoms with E-state index in [0.29, 0.717) is 43.1 Å². The Morgan fingerprint density at radius 2 is 2.05 bits per heavy atom. The number of hydrogen-bond acceptors (Lipinski definition) is 5. The summed E-state index contributed by atoms with van der Waals surface area (Å²) >= 11 is 0. The SMILES string of the molecule is COc1ccc(OC)c(C(=O)NCC2(O)CCOCC2)c1. The molecule has 0 spiro atoms. The summed E-state index contributed by atoms with van der Waals surface area (Å²) in [7, 11) is 3.04. The molecule has 6 heteroatoms. The molecule has 0 aliphatic carbocycles. The first-order valence-electron chi connectivity index (χ1n) is 6.88. The van der Waals surface area contributed by atoms with E-state index in [0.717, 1.165) is 0 Å². The summed E-state index contributed by atoms with van der Waals surface area (Å²) in [4.78, 5) is 12.3. The van der Waals surface area contributed by atoms with Gasteiger partial charge >= 0.3 is 0 Å². The Balaban J connectivity index is 2.05. The van der Waals surface area contributed by atoms with Crippen LogP contribution in [0.3, 0.4) is 0 Å². The van der Waals surface area contributed by atoms with Gasteiger partial charge in [-0.15, -0.1) is 0 Å². The monoisotopic (exact) mass is 295 g/mol. The Morgan fingerprint density at radius 3 is 2.67 bits per heavy atom. The molecular formula is C15H21NO5. The van der Waals surface area contributed by atoms with Crippen LogP contribution in [0.5, 0.6) is 11.5 Å². The van der Waals surface area contributed by atoms with Gasteiger partial charge in [-0.2, -0.15) is 0 Å². The number of rotatable bonds is 5. The Labute approximate surface area is 124 Å². The molecule has 0 unspecified atom stereocenters. The average molecular weight is 295 g/mol. The Hall–Kier alpha value is -1.79. The lowest BCUT2D eigenvalue weighted by Gasteiger charge is -2.32. The lowest BCUT2D eigenvalue weighted by Crippen LogP contribution is -2.46. The minimum Gasteiger partial charge on any atom is -0.497 e. The largest absolute Gasteiger partial charge is 0.497 e. The quantitative estimate of drug-likeness (QED) is 0.846. The van der Waals surface area contributed by atoms with Crippen LogP contribution in [0.2, 0.25) is 0 Å². The number of amides is 1. The molecule has 0 radical (unpaired) electrons. The minimum absolute atomic E-state index is 0.190. The third-order valence-electron chi connectivity index (χ3n) is 3.65. The maximum absolute atomic E-state index is 12.3. The van der Waals surface area contributed by atoms with Gasteiger partial charge in [0.2, 0.25) is 0 Å². The van der Waals surface area contributed by atoms with E-state index < -0.39 is 5.60 Å². The Bertz CT molecular complexity index is 497. The summed E-state index contributed by atoms with van der Waals surface area (Å²) < 4.78 is 15.5. The average Bonchev–Trinajstić information content (AvgIpc) is 2.52. The zero-order valence-corrected chi connectivity index (χ0v) is 12.3. The topological polar surface area (TPSA) is 77.0 Å². The molecule has 0 atom stereocenters. The Kier molecular flexibility index (Phi) is 5.03. The van der Waals surface area contributed by atoms with Gasteiger partial charge in [-0.05, 0) is 18.2 Å². The first kappa shape index (κ1) is 15.6. The minimum atomic E-state index is -0.903. The highest BCUT2D eigenvalue weighted by molar-refractivity contribution is 5.97. The van der Waals surface area contributed by atoms with Gasteiger partial charge in [0.25, 0.3) is 5.91 Å². The van der Waals surface area contributed by atoms with E-state index in [1.54, 1.807) is 18.2 Å². The summed E-state index contributed by atoms with van der Waals surface area (Å²) in [5, 5.41) is 13.1. The molecule has 116 valence electrons. The van der Waals surface area contributed by atoms with Crippen LogP contribution in [0, 0.1) is 0 Å². The van der Waals surface area contributed by atoms with Crippen molar-refractivity contribution in [1.29, 1.82) is 0 Å². The third-order valence-corrected chi connectivity index (χ3v) is 3.65. The normalized spacial score (nSPS) is 17.1. The van der Waals surface area contributed by atoms with Crippen molar-refractivity contribution in [1.82, 2.24) is 5.32 Å². The number of carbonyl (C=O) groups is 1. The van der Waals surface area contributed by atoms with Crippen LogP contribution in [0.4, 0.5) is 0 Å². The van der Waals surface area contributed by atoms with Crippen LogP contribution in [0.15, 0.2) is 18.2 Å². The van der Waals surface area contributed by atoms with Crippen molar-refractivity contribution in [3.8, 4) is 11.5 Å². The molecule has 0 saturated carbocycles. The number of benzene rings is 1. The molecule has 2 rings (SSSR count). The van der Waals surface area contributed by atoms with Gasteiger partial charge in [-0.3, -0.25) is 4.79 Å². The van der Waals surface area contributed by atoms with Crippen molar-refractivity contribution in [2.75, 3.05) is 34.0 Å². The van der Waals surface area contributed by atoms with Gasteiger partial charge in [-0.25, -0.2) is 0 Å². The smallest absolute Gasteiger partial charge is 0.255 e. The van der Waals surface area contributed by atoms with Gasteiger partial charge in [0.15, 0.2) is 0 Å². The van der Waals surface area contributed by atoms with E-state index in [9.17, 15) is 9.90 Å². The number of methoxy groups -OCH3 is 2. The number of hydrogen-bond donors (Lipinski definition) is 2. The molecule has 2 N–H and O–H groups in total. The molecular weight excluding hydrogens is 274 g/mol. The number of ether oxygens (including phenoxy) is 3. The Morgan fingerprint density at radius 1 is 1.33 bits per heavy atom. The molecule has 1 aromatic carbocycles. The van der Waals surface area contributed by atoms with Gasteiger partial charge in [-0.1, -0.05) is 0 Å². The van der Waals surface area contributed by atoms with Crippen molar-refractivity contribution >= 4 is 5.91 Å². The van der Waals surface area contributed by atoms with Crippen molar-refractivity contribution < 1.29 is 24.1 Å². The van der Waals surface area contributed by atoms with Crippen LogP contribution in [-0.4, -0.2) is 50.6 Å². The molecule has 1 fully saturated rings. The third kappa shape index (κ3) is 3.86. The first-order valence-corrected chi connectivity index (χ1v) is 6.88. The van der Waals surface area contributed by atoms with Gasteiger partial charge in [0.1, 0.15) is 11.5 Å². The highest BCUT2D eigenvalue weighted by atomic mass is 16.5. The van der Waals surface area contributed by atoms with Crippen molar-refractivity contribution in [3.63, 3.8) is 0 Å². The second-order valence-corrected chi connectivity index (χ2v) is 5.09. The van der Waals surface area contributed by atoms with Crippen molar-refractivity contribution in [2.45, 2.75) is 18.4 Å². The summed E-state index contributed by atoms with van der Waals surface area (Å²) in [6.07, 6.45) is 1.03.